The maximum atomic E-state index is 13.4. The van der Waals surface area contributed by atoms with Gasteiger partial charge in [0, 0.05) is 23.5 Å². The second kappa shape index (κ2) is 9.05. The van der Waals surface area contributed by atoms with E-state index < -0.39 is 17.6 Å². The second-order valence-corrected chi connectivity index (χ2v) is 7.23. The van der Waals surface area contributed by atoms with Gasteiger partial charge in [-0.05, 0) is 59.4 Å². The van der Waals surface area contributed by atoms with Crippen molar-refractivity contribution in [1.82, 2.24) is 4.98 Å². The number of rotatable bonds is 4. The van der Waals surface area contributed by atoms with Crippen LogP contribution in [-0.2, 0) is 23.8 Å². The Labute approximate surface area is 179 Å². The van der Waals surface area contributed by atoms with Gasteiger partial charge in [0.2, 0.25) is 5.91 Å². The van der Waals surface area contributed by atoms with Gasteiger partial charge in [-0.3, -0.25) is 9.78 Å². The van der Waals surface area contributed by atoms with Crippen LogP contribution in [0.5, 0.6) is 0 Å². The summed E-state index contributed by atoms with van der Waals surface area (Å²) in [7, 11) is 0. The minimum atomic E-state index is -4.41. The van der Waals surface area contributed by atoms with E-state index in [4.69, 9.17) is 5.73 Å². The fourth-order valence-corrected chi connectivity index (χ4v) is 3.26. The first-order valence-corrected chi connectivity index (χ1v) is 9.72. The first-order chi connectivity index (χ1) is 14.7. The lowest BCUT2D eigenvalue weighted by molar-refractivity contribution is -0.138. The highest BCUT2D eigenvalue weighted by molar-refractivity contribution is 5.76. The first kappa shape index (κ1) is 22.1. The number of halogens is 3. The molecule has 1 aromatic heterocycles. The molecule has 31 heavy (non-hydrogen) atoms. The number of hydrogen-bond acceptors (Lipinski definition) is 2. The van der Waals surface area contributed by atoms with Gasteiger partial charge in [-0.1, -0.05) is 43.0 Å². The Kier molecular flexibility index (Phi) is 6.45. The minimum absolute atomic E-state index is 0.0757. The lowest BCUT2D eigenvalue weighted by Gasteiger charge is -2.14. The Balaban J connectivity index is 1.98. The summed E-state index contributed by atoms with van der Waals surface area (Å²) < 4.78 is 40.3. The lowest BCUT2D eigenvalue weighted by Crippen LogP contribution is -2.13. The highest BCUT2D eigenvalue weighted by Gasteiger charge is 2.33. The molecule has 1 heterocycles. The van der Waals surface area contributed by atoms with Crippen molar-refractivity contribution in [2.75, 3.05) is 0 Å². The van der Waals surface area contributed by atoms with E-state index in [2.05, 4.69) is 16.8 Å². The molecule has 6 heteroatoms. The fraction of sp³-hybridized carbons (Fsp3) is 0.200. The van der Waals surface area contributed by atoms with Crippen LogP contribution >= 0.6 is 0 Å². The smallest absolute Gasteiger partial charge is 0.369 e. The van der Waals surface area contributed by atoms with E-state index in [9.17, 15) is 18.0 Å². The quantitative estimate of drug-likeness (QED) is 0.597. The molecule has 2 aromatic carbocycles. The summed E-state index contributed by atoms with van der Waals surface area (Å²) in [6, 6.07) is 11.6. The maximum Gasteiger partial charge on any atom is 0.416 e. The topological polar surface area (TPSA) is 56.0 Å². The molecule has 0 spiro atoms. The molecule has 0 bridgehead atoms. The van der Waals surface area contributed by atoms with E-state index in [0.717, 1.165) is 5.56 Å². The van der Waals surface area contributed by atoms with Crippen LogP contribution in [0.1, 0.15) is 40.3 Å². The van der Waals surface area contributed by atoms with Crippen LogP contribution in [0.15, 0.2) is 54.9 Å². The molecule has 0 saturated heterocycles. The summed E-state index contributed by atoms with van der Waals surface area (Å²) in [4.78, 5) is 15.2. The molecule has 0 fully saturated rings. The third kappa shape index (κ3) is 5.52. The maximum absolute atomic E-state index is 13.4. The Bertz CT molecular complexity index is 1190. The van der Waals surface area contributed by atoms with E-state index in [1.165, 1.54) is 12.1 Å². The van der Waals surface area contributed by atoms with Gasteiger partial charge in [0.15, 0.2) is 0 Å². The number of aromatic nitrogens is 1. The fourth-order valence-electron chi connectivity index (χ4n) is 3.26. The molecule has 3 nitrogen and oxygen atoms in total. The van der Waals surface area contributed by atoms with Crippen LogP contribution in [0.2, 0.25) is 0 Å². The van der Waals surface area contributed by atoms with E-state index in [0.29, 0.717) is 34.2 Å². The highest BCUT2D eigenvalue weighted by atomic mass is 19.4. The Morgan fingerprint density at radius 1 is 1.03 bits per heavy atom. The number of pyridine rings is 1. The molecule has 1 amide bonds. The predicted octanol–water partition coefficient (Wildman–Crippen LogP) is 5.07. The van der Waals surface area contributed by atoms with Gasteiger partial charge in [-0.2, -0.15) is 13.2 Å². The van der Waals surface area contributed by atoms with Crippen molar-refractivity contribution in [2.45, 2.75) is 32.9 Å². The van der Waals surface area contributed by atoms with E-state index in [1.54, 1.807) is 43.6 Å². The van der Waals surface area contributed by atoms with Crippen molar-refractivity contribution in [3.05, 3.63) is 88.2 Å². The number of amides is 1. The number of nitrogens with two attached hydrogens (primary N) is 1. The number of nitrogens with zero attached hydrogens (tertiary/aromatic N) is 1. The Morgan fingerprint density at radius 3 is 2.42 bits per heavy atom. The van der Waals surface area contributed by atoms with Gasteiger partial charge < -0.3 is 5.73 Å². The molecule has 2 N–H and O–H groups in total. The summed E-state index contributed by atoms with van der Waals surface area (Å²) in [5.41, 5.74) is 8.90. The van der Waals surface area contributed by atoms with Gasteiger partial charge >= 0.3 is 6.18 Å². The van der Waals surface area contributed by atoms with E-state index in [-0.39, 0.29) is 12.0 Å². The van der Waals surface area contributed by atoms with Crippen molar-refractivity contribution in [2.24, 2.45) is 5.73 Å². The molecule has 3 aromatic rings. The molecule has 0 radical (unpaired) electrons. The number of hydrogen-bond donors (Lipinski definition) is 1. The Hall–Kier alpha value is -3.59. The number of alkyl halides is 3. The van der Waals surface area contributed by atoms with Gasteiger partial charge in [0.25, 0.3) is 0 Å². The van der Waals surface area contributed by atoms with E-state index in [1.807, 2.05) is 13.0 Å². The summed E-state index contributed by atoms with van der Waals surface area (Å²) in [6.07, 6.45) is -0.887. The zero-order valence-corrected chi connectivity index (χ0v) is 17.2. The minimum Gasteiger partial charge on any atom is -0.369 e. The summed E-state index contributed by atoms with van der Waals surface area (Å²) >= 11 is 0. The average molecular weight is 422 g/mol. The van der Waals surface area contributed by atoms with Crippen molar-refractivity contribution in [1.29, 1.82) is 0 Å². The van der Waals surface area contributed by atoms with Crippen LogP contribution in [0.3, 0.4) is 0 Å². The molecule has 0 aliphatic carbocycles. The van der Waals surface area contributed by atoms with Gasteiger partial charge in [-0.25, -0.2) is 0 Å². The summed E-state index contributed by atoms with van der Waals surface area (Å²) in [6.45, 7) is 3.59. The Morgan fingerprint density at radius 2 is 1.74 bits per heavy atom. The molecule has 158 valence electrons. The zero-order valence-electron chi connectivity index (χ0n) is 17.2. The summed E-state index contributed by atoms with van der Waals surface area (Å²) in [5.74, 6) is 5.61. The molecule has 0 aliphatic heterocycles. The van der Waals surface area contributed by atoms with Crippen LogP contribution in [-0.4, -0.2) is 10.9 Å². The van der Waals surface area contributed by atoms with Crippen LogP contribution in [0.25, 0.3) is 11.1 Å². The third-order valence-corrected chi connectivity index (χ3v) is 4.88. The second-order valence-electron chi connectivity index (χ2n) is 7.23. The SMILES string of the molecule is CCc1ccc(-c2ccc(C)c(C#Cc3cncc(CC(N)=O)c3)c2)cc1C(F)(F)F. The van der Waals surface area contributed by atoms with Gasteiger partial charge in [0.1, 0.15) is 0 Å². The number of carbonyl (C=O) groups is 1. The molecule has 0 unspecified atom stereocenters. The molecule has 3 rings (SSSR count). The van der Waals surface area contributed by atoms with Crippen LogP contribution < -0.4 is 5.73 Å². The van der Waals surface area contributed by atoms with Crippen LogP contribution in [0, 0.1) is 18.8 Å². The standard InChI is InChI=1S/C25H21F3N2O/c1-3-19-8-9-22(13-23(19)25(26,27)28)21-6-4-16(2)20(12-21)7-5-17-10-18(11-24(29)31)15-30-14-17/h4,6,8-10,12-15H,3,11H2,1-2H3,(H2,29,31). The lowest BCUT2D eigenvalue weighted by atomic mass is 9.95. The average Bonchev–Trinajstić information content (AvgIpc) is 2.72. The largest absolute Gasteiger partial charge is 0.416 e. The van der Waals surface area contributed by atoms with Gasteiger partial charge in [0.05, 0.1) is 12.0 Å². The predicted molar refractivity (Wildman–Crippen MR) is 114 cm³/mol. The summed E-state index contributed by atoms with van der Waals surface area (Å²) in [5, 5.41) is 0. The molecule has 0 saturated carbocycles. The third-order valence-electron chi connectivity index (χ3n) is 4.88. The molecule has 0 atom stereocenters. The van der Waals surface area contributed by atoms with Crippen molar-refractivity contribution in [3.8, 4) is 23.0 Å². The van der Waals surface area contributed by atoms with Crippen molar-refractivity contribution < 1.29 is 18.0 Å². The number of primary amides is 1. The molecular formula is C25H21F3N2O. The van der Waals surface area contributed by atoms with Crippen molar-refractivity contribution >= 4 is 5.91 Å². The normalized spacial score (nSPS) is 11.0. The molecule has 0 aliphatic rings. The first-order valence-electron chi connectivity index (χ1n) is 9.72. The monoisotopic (exact) mass is 422 g/mol. The molecular weight excluding hydrogens is 401 g/mol. The van der Waals surface area contributed by atoms with Crippen LogP contribution in [0.4, 0.5) is 13.2 Å². The number of aryl methyl sites for hydroxylation is 2. The number of carbonyl (C=O) groups excluding carboxylic acids is 1. The zero-order chi connectivity index (χ0) is 22.6. The van der Waals surface area contributed by atoms with Crippen molar-refractivity contribution in [3.63, 3.8) is 0 Å². The highest BCUT2D eigenvalue weighted by Crippen LogP contribution is 2.35. The van der Waals surface area contributed by atoms with E-state index >= 15 is 0 Å². The van der Waals surface area contributed by atoms with Gasteiger partial charge in [-0.15, -0.1) is 0 Å². The number of benzene rings is 2.